The smallest absolute Gasteiger partial charge is 0.267 e. The number of hydrogen-bond donors (Lipinski definition) is 2. The van der Waals surface area contributed by atoms with Gasteiger partial charge in [-0.2, -0.15) is 0 Å². The van der Waals surface area contributed by atoms with Gasteiger partial charge < -0.3 is 24.5 Å². The Morgan fingerprint density at radius 2 is 1.77 bits per heavy atom. The molecule has 0 aliphatic rings. The van der Waals surface area contributed by atoms with Crippen LogP contribution in [0.25, 0.3) is 10.9 Å². The summed E-state index contributed by atoms with van der Waals surface area (Å²) in [5.74, 6) is 0.0390. The molecule has 0 atom stereocenters. The van der Waals surface area contributed by atoms with Crippen molar-refractivity contribution in [1.29, 1.82) is 0 Å². The summed E-state index contributed by atoms with van der Waals surface area (Å²) in [6.07, 6.45) is 0. The molecule has 1 aromatic heterocycles. The van der Waals surface area contributed by atoms with Crippen LogP contribution in [0.5, 0.6) is 17.2 Å². The van der Waals surface area contributed by atoms with Gasteiger partial charge in [0.25, 0.3) is 11.5 Å². The van der Waals surface area contributed by atoms with E-state index in [1.165, 1.54) is 19.1 Å². The second kappa shape index (κ2) is 6.79. The van der Waals surface area contributed by atoms with Crippen molar-refractivity contribution in [2.24, 2.45) is 0 Å². The number of aromatic amines is 1. The van der Waals surface area contributed by atoms with E-state index in [1.54, 1.807) is 49.6 Å². The van der Waals surface area contributed by atoms with Crippen LogP contribution in [-0.2, 0) is 0 Å². The molecule has 2 aromatic carbocycles. The van der Waals surface area contributed by atoms with Crippen molar-refractivity contribution in [2.75, 3.05) is 26.2 Å². The van der Waals surface area contributed by atoms with E-state index in [0.717, 1.165) is 0 Å². The summed E-state index contributed by atoms with van der Waals surface area (Å²) in [4.78, 5) is 29.2. The number of anilines is 1. The highest BCUT2D eigenvalue weighted by Crippen LogP contribution is 2.31. The molecule has 3 rings (SSSR count). The van der Waals surface area contributed by atoms with Gasteiger partial charge in [0.05, 0.1) is 19.7 Å². The van der Waals surface area contributed by atoms with Crippen molar-refractivity contribution in [3.8, 4) is 17.2 Å². The number of H-pyrrole nitrogens is 1. The minimum Gasteiger partial charge on any atom is -0.506 e. The Morgan fingerprint density at radius 1 is 1.08 bits per heavy atom. The Kier molecular flexibility index (Phi) is 4.53. The molecule has 134 valence electrons. The number of carbonyl (C=O) groups is 1. The van der Waals surface area contributed by atoms with Gasteiger partial charge in [0, 0.05) is 18.1 Å². The van der Waals surface area contributed by atoms with Crippen LogP contribution in [0.2, 0.25) is 0 Å². The molecule has 0 unspecified atom stereocenters. The Morgan fingerprint density at radius 3 is 2.38 bits per heavy atom. The molecule has 0 radical (unpaired) electrons. The third-order valence-electron chi connectivity index (χ3n) is 4.18. The maximum absolute atomic E-state index is 12.8. The molecule has 0 saturated heterocycles. The van der Waals surface area contributed by atoms with E-state index in [2.05, 4.69) is 4.98 Å². The van der Waals surface area contributed by atoms with Gasteiger partial charge in [0.1, 0.15) is 22.8 Å². The summed E-state index contributed by atoms with van der Waals surface area (Å²) in [7, 11) is 4.53. The summed E-state index contributed by atoms with van der Waals surface area (Å²) < 4.78 is 10.3. The molecule has 2 N–H and O–H groups in total. The molecule has 0 spiro atoms. The van der Waals surface area contributed by atoms with Crippen molar-refractivity contribution >= 4 is 22.5 Å². The number of aromatic hydroxyl groups is 1. The molecule has 26 heavy (non-hydrogen) atoms. The molecule has 7 heteroatoms. The zero-order valence-corrected chi connectivity index (χ0v) is 14.6. The number of benzene rings is 2. The molecular formula is C19H18N2O5. The molecule has 0 bridgehead atoms. The molecule has 0 aliphatic carbocycles. The third kappa shape index (κ3) is 2.83. The highest BCUT2D eigenvalue weighted by Gasteiger charge is 2.24. The average Bonchev–Trinajstić information content (AvgIpc) is 2.67. The van der Waals surface area contributed by atoms with E-state index >= 15 is 0 Å². The van der Waals surface area contributed by atoms with Crippen LogP contribution in [0.3, 0.4) is 0 Å². The molecule has 0 fully saturated rings. The van der Waals surface area contributed by atoms with Gasteiger partial charge in [0.15, 0.2) is 0 Å². The van der Waals surface area contributed by atoms with Crippen LogP contribution in [0.1, 0.15) is 10.4 Å². The van der Waals surface area contributed by atoms with Gasteiger partial charge in [0.2, 0.25) is 0 Å². The Balaban J connectivity index is 2.09. The normalized spacial score (nSPS) is 10.6. The number of pyridine rings is 1. The number of ether oxygens (including phenoxy) is 2. The topological polar surface area (TPSA) is 91.9 Å². The van der Waals surface area contributed by atoms with Gasteiger partial charge >= 0.3 is 0 Å². The van der Waals surface area contributed by atoms with Gasteiger partial charge in [-0.1, -0.05) is 6.07 Å². The first kappa shape index (κ1) is 17.3. The Labute approximate surface area is 149 Å². The minimum absolute atomic E-state index is 0.329. The molecule has 3 aromatic rings. The number of nitrogens with one attached hydrogen (secondary N) is 1. The van der Waals surface area contributed by atoms with E-state index in [1.807, 2.05) is 0 Å². The largest absolute Gasteiger partial charge is 0.506 e. The standard InChI is InChI=1S/C19H18N2O5/c1-21(11-7-9-12(25-2)10-8-11)19(24)15-17(22)13-5-4-6-14(26-3)16(13)20-18(15)23/h4-10H,1-3H3,(H2,20,22,23). The monoisotopic (exact) mass is 354 g/mol. The summed E-state index contributed by atoms with van der Waals surface area (Å²) in [5.41, 5.74) is -0.129. The molecule has 1 amide bonds. The van der Waals surface area contributed by atoms with E-state index in [9.17, 15) is 14.7 Å². The summed E-state index contributed by atoms with van der Waals surface area (Å²) in [6, 6.07) is 11.7. The third-order valence-corrected chi connectivity index (χ3v) is 4.18. The Hall–Kier alpha value is -3.48. The van der Waals surface area contributed by atoms with Crippen molar-refractivity contribution < 1.29 is 19.4 Å². The lowest BCUT2D eigenvalue weighted by Gasteiger charge is -2.18. The summed E-state index contributed by atoms with van der Waals surface area (Å²) in [6.45, 7) is 0. The van der Waals surface area contributed by atoms with E-state index in [0.29, 0.717) is 28.1 Å². The predicted molar refractivity (Wildman–Crippen MR) is 98.5 cm³/mol. The van der Waals surface area contributed by atoms with E-state index < -0.39 is 11.5 Å². The van der Waals surface area contributed by atoms with Gasteiger partial charge in [-0.15, -0.1) is 0 Å². The molecular weight excluding hydrogens is 336 g/mol. The zero-order valence-electron chi connectivity index (χ0n) is 14.6. The van der Waals surface area contributed by atoms with Gasteiger partial charge in [-0.25, -0.2) is 0 Å². The van der Waals surface area contributed by atoms with Crippen LogP contribution >= 0.6 is 0 Å². The SMILES string of the molecule is COc1ccc(N(C)C(=O)c2c(O)c3cccc(OC)c3[nH]c2=O)cc1. The molecule has 0 aliphatic heterocycles. The van der Waals surface area contributed by atoms with Crippen LogP contribution in [0.4, 0.5) is 5.69 Å². The summed E-state index contributed by atoms with van der Waals surface area (Å²) >= 11 is 0. The predicted octanol–water partition coefficient (Wildman–Crippen LogP) is 2.53. The van der Waals surface area contributed by atoms with Crippen molar-refractivity contribution in [3.05, 3.63) is 58.4 Å². The second-order valence-corrected chi connectivity index (χ2v) is 5.62. The first-order valence-corrected chi connectivity index (χ1v) is 7.82. The lowest BCUT2D eigenvalue weighted by atomic mass is 10.1. The lowest BCUT2D eigenvalue weighted by molar-refractivity contribution is 0.0989. The number of rotatable bonds is 4. The highest BCUT2D eigenvalue weighted by atomic mass is 16.5. The van der Waals surface area contributed by atoms with Gasteiger partial charge in [-0.05, 0) is 36.4 Å². The van der Waals surface area contributed by atoms with Crippen LogP contribution in [-0.4, -0.2) is 37.3 Å². The van der Waals surface area contributed by atoms with E-state index in [-0.39, 0.29) is 11.3 Å². The number of amides is 1. The number of fused-ring (bicyclic) bond motifs is 1. The first-order chi connectivity index (χ1) is 12.5. The van der Waals surface area contributed by atoms with Crippen LogP contribution in [0, 0.1) is 0 Å². The van der Waals surface area contributed by atoms with Gasteiger partial charge in [-0.3, -0.25) is 9.59 Å². The Bertz CT molecular complexity index is 1020. The van der Waals surface area contributed by atoms with Crippen LogP contribution in [0.15, 0.2) is 47.3 Å². The lowest BCUT2D eigenvalue weighted by Crippen LogP contribution is -2.31. The van der Waals surface area contributed by atoms with Crippen molar-refractivity contribution in [3.63, 3.8) is 0 Å². The summed E-state index contributed by atoms with van der Waals surface area (Å²) in [5, 5.41) is 10.9. The fourth-order valence-electron chi connectivity index (χ4n) is 2.73. The van der Waals surface area contributed by atoms with Crippen LogP contribution < -0.4 is 19.9 Å². The molecule has 1 heterocycles. The first-order valence-electron chi connectivity index (χ1n) is 7.82. The van der Waals surface area contributed by atoms with E-state index in [4.69, 9.17) is 9.47 Å². The second-order valence-electron chi connectivity index (χ2n) is 5.62. The number of methoxy groups -OCH3 is 2. The number of nitrogens with zero attached hydrogens (tertiary/aromatic N) is 1. The number of aromatic nitrogens is 1. The highest BCUT2D eigenvalue weighted by molar-refractivity contribution is 6.10. The molecule has 7 nitrogen and oxygen atoms in total. The number of hydrogen-bond acceptors (Lipinski definition) is 5. The average molecular weight is 354 g/mol. The quantitative estimate of drug-likeness (QED) is 0.751. The van der Waals surface area contributed by atoms with Crippen molar-refractivity contribution in [2.45, 2.75) is 0 Å². The zero-order chi connectivity index (χ0) is 18.8. The maximum Gasteiger partial charge on any atom is 0.267 e. The number of carbonyl (C=O) groups excluding carboxylic acids is 1. The fraction of sp³-hybridized carbons (Fsp3) is 0.158. The fourth-order valence-corrected chi connectivity index (χ4v) is 2.73. The maximum atomic E-state index is 12.8. The van der Waals surface area contributed by atoms with Crippen molar-refractivity contribution in [1.82, 2.24) is 4.98 Å². The minimum atomic E-state index is -0.690. The molecule has 0 saturated carbocycles. The number of para-hydroxylation sites is 1.